The number of anilines is 1. The summed E-state index contributed by atoms with van der Waals surface area (Å²) in [5.41, 5.74) is 0. The third-order valence-corrected chi connectivity index (χ3v) is 3.67. The molecule has 0 radical (unpaired) electrons. The Morgan fingerprint density at radius 1 is 1.47 bits per heavy atom. The van der Waals surface area contributed by atoms with E-state index in [1.165, 1.54) is 0 Å². The minimum absolute atomic E-state index is 0.523. The molecule has 0 aromatic carbocycles. The van der Waals surface area contributed by atoms with E-state index >= 15 is 0 Å². The number of nitrogens with zero attached hydrogens (tertiary/aromatic N) is 2. The van der Waals surface area contributed by atoms with E-state index in [0.717, 1.165) is 28.3 Å². The molecule has 0 unspecified atom stereocenters. The van der Waals surface area contributed by atoms with Gasteiger partial charge in [-0.2, -0.15) is 0 Å². The van der Waals surface area contributed by atoms with Crippen molar-refractivity contribution in [2.45, 2.75) is 37.5 Å². The number of nitrogens with one attached hydrogen (secondary N) is 1. The van der Waals surface area contributed by atoms with Crippen LogP contribution in [0.25, 0.3) is 0 Å². The highest BCUT2D eigenvalue weighted by atomic mass is 79.9. The van der Waals surface area contributed by atoms with Crippen LogP contribution in [0.5, 0.6) is 0 Å². The van der Waals surface area contributed by atoms with E-state index < -0.39 is 0 Å². The molecule has 1 aromatic rings. The fourth-order valence-electron chi connectivity index (χ4n) is 1.03. The van der Waals surface area contributed by atoms with Crippen LogP contribution >= 0.6 is 27.7 Å². The Morgan fingerprint density at radius 3 is 2.80 bits per heavy atom. The molecule has 0 amide bonds. The van der Waals surface area contributed by atoms with Gasteiger partial charge < -0.3 is 5.32 Å². The van der Waals surface area contributed by atoms with Crippen molar-refractivity contribution < 1.29 is 0 Å². The first-order valence-electron chi connectivity index (χ1n) is 5.06. The van der Waals surface area contributed by atoms with E-state index in [4.69, 9.17) is 0 Å². The standard InChI is InChI=1S/C10H16BrN3S/c1-4-5-12-9-8(11)10(14-6-13-9)15-7(2)3/h6-7H,4-5H2,1-3H3,(H,12,13,14). The van der Waals surface area contributed by atoms with Crippen molar-refractivity contribution >= 4 is 33.5 Å². The van der Waals surface area contributed by atoms with Crippen molar-refractivity contribution in [3.8, 4) is 0 Å². The number of hydrogen-bond acceptors (Lipinski definition) is 4. The summed E-state index contributed by atoms with van der Waals surface area (Å²) in [6.07, 6.45) is 2.69. The normalized spacial score (nSPS) is 10.7. The molecular formula is C10H16BrN3S. The van der Waals surface area contributed by atoms with Gasteiger partial charge in [0.05, 0.1) is 4.47 Å². The van der Waals surface area contributed by atoms with Gasteiger partial charge in [-0.1, -0.05) is 20.8 Å². The predicted octanol–water partition coefficient (Wildman–Crippen LogP) is 3.56. The summed E-state index contributed by atoms with van der Waals surface area (Å²) >= 11 is 5.27. The smallest absolute Gasteiger partial charge is 0.144 e. The van der Waals surface area contributed by atoms with Crippen LogP contribution in [-0.2, 0) is 0 Å². The number of thioether (sulfide) groups is 1. The van der Waals surface area contributed by atoms with Crippen LogP contribution in [0.15, 0.2) is 15.8 Å². The van der Waals surface area contributed by atoms with Gasteiger partial charge in [0.2, 0.25) is 0 Å². The Morgan fingerprint density at radius 2 is 2.20 bits per heavy atom. The topological polar surface area (TPSA) is 37.8 Å². The molecule has 0 aliphatic carbocycles. The van der Waals surface area contributed by atoms with Gasteiger partial charge in [-0.25, -0.2) is 9.97 Å². The van der Waals surface area contributed by atoms with E-state index in [2.05, 4.69) is 52.0 Å². The second-order valence-corrected chi connectivity index (χ2v) is 5.79. The first kappa shape index (κ1) is 12.8. The number of halogens is 1. The largest absolute Gasteiger partial charge is 0.369 e. The molecule has 5 heteroatoms. The molecule has 3 nitrogen and oxygen atoms in total. The van der Waals surface area contributed by atoms with Gasteiger partial charge in [-0.3, -0.25) is 0 Å². The minimum Gasteiger partial charge on any atom is -0.369 e. The Labute approximate surface area is 104 Å². The summed E-state index contributed by atoms with van der Waals surface area (Å²) in [7, 11) is 0. The van der Waals surface area contributed by atoms with Crippen LogP contribution in [-0.4, -0.2) is 21.8 Å². The second kappa shape index (κ2) is 6.33. The van der Waals surface area contributed by atoms with Crippen molar-refractivity contribution in [2.24, 2.45) is 0 Å². The first-order chi connectivity index (χ1) is 7.15. The van der Waals surface area contributed by atoms with Gasteiger partial charge in [0.1, 0.15) is 17.2 Å². The monoisotopic (exact) mass is 289 g/mol. The van der Waals surface area contributed by atoms with Gasteiger partial charge in [-0.15, -0.1) is 11.8 Å². The molecule has 0 spiro atoms. The molecule has 1 rings (SSSR count). The lowest BCUT2D eigenvalue weighted by molar-refractivity contribution is 0.943. The summed E-state index contributed by atoms with van der Waals surface area (Å²) in [6, 6.07) is 0. The first-order valence-corrected chi connectivity index (χ1v) is 6.73. The van der Waals surface area contributed by atoms with Gasteiger partial charge in [-0.05, 0) is 22.4 Å². The molecule has 0 bridgehead atoms. The molecule has 84 valence electrons. The highest BCUT2D eigenvalue weighted by Gasteiger charge is 2.09. The van der Waals surface area contributed by atoms with Crippen LogP contribution in [0, 0.1) is 0 Å². The van der Waals surface area contributed by atoms with Gasteiger partial charge >= 0.3 is 0 Å². The van der Waals surface area contributed by atoms with Crippen LogP contribution in [0.1, 0.15) is 27.2 Å². The highest BCUT2D eigenvalue weighted by Crippen LogP contribution is 2.32. The lowest BCUT2D eigenvalue weighted by Crippen LogP contribution is -2.04. The summed E-state index contributed by atoms with van der Waals surface area (Å²) in [5.74, 6) is 0.884. The highest BCUT2D eigenvalue weighted by molar-refractivity contribution is 9.10. The molecule has 0 atom stereocenters. The summed E-state index contributed by atoms with van der Waals surface area (Å²) in [6.45, 7) is 7.37. The summed E-state index contributed by atoms with van der Waals surface area (Å²) < 4.78 is 0.970. The number of rotatable bonds is 5. The maximum atomic E-state index is 4.25. The summed E-state index contributed by atoms with van der Waals surface area (Å²) in [4.78, 5) is 8.45. The maximum absolute atomic E-state index is 4.25. The average Bonchev–Trinajstić information content (AvgIpc) is 2.19. The van der Waals surface area contributed by atoms with E-state index in [0.29, 0.717) is 5.25 Å². The van der Waals surface area contributed by atoms with Crippen molar-refractivity contribution in [1.82, 2.24) is 9.97 Å². The van der Waals surface area contributed by atoms with Crippen molar-refractivity contribution in [3.63, 3.8) is 0 Å². The van der Waals surface area contributed by atoms with E-state index in [-0.39, 0.29) is 0 Å². The van der Waals surface area contributed by atoms with Crippen LogP contribution in [0.2, 0.25) is 0 Å². The fraction of sp³-hybridized carbons (Fsp3) is 0.600. The van der Waals surface area contributed by atoms with Gasteiger partial charge in [0.15, 0.2) is 0 Å². The van der Waals surface area contributed by atoms with E-state index in [9.17, 15) is 0 Å². The molecule has 0 saturated heterocycles. The van der Waals surface area contributed by atoms with E-state index in [1.807, 2.05) is 0 Å². The SMILES string of the molecule is CCCNc1ncnc(SC(C)C)c1Br. The predicted molar refractivity (Wildman–Crippen MR) is 69.5 cm³/mol. The number of hydrogen-bond donors (Lipinski definition) is 1. The second-order valence-electron chi connectivity index (χ2n) is 3.43. The zero-order valence-corrected chi connectivity index (χ0v) is 11.7. The fourth-order valence-corrected chi connectivity index (χ4v) is 2.41. The molecule has 0 fully saturated rings. The Balaban J connectivity index is 2.80. The van der Waals surface area contributed by atoms with Crippen molar-refractivity contribution in [2.75, 3.05) is 11.9 Å². The summed E-state index contributed by atoms with van der Waals surface area (Å²) in [5, 5.41) is 4.79. The average molecular weight is 290 g/mol. The third kappa shape index (κ3) is 3.99. The van der Waals surface area contributed by atoms with Crippen LogP contribution < -0.4 is 5.32 Å². The quantitative estimate of drug-likeness (QED) is 0.664. The van der Waals surface area contributed by atoms with Crippen LogP contribution in [0.3, 0.4) is 0 Å². The minimum atomic E-state index is 0.523. The van der Waals surface area contributed by atoms with Crippen LogP contribution in [0.4, 0.5) is 5.82 Å². The zero-order chi connectivity index (χ0) is 11.3. The lowest BCUT2D eigenvalue weighted by atomic mass is 10.4. The number of aromatic nitrogens is 2. The zero-order valence-electron chi connectivity index (χ0n) is 9.25. The Kier molecular flexibility index (Phi) is 5.39. The molecule has 0 aliphatic heterocycles. The molecule has 1 N–H and O–H groups in total. The third-order valence-electron chi connectivity index (χ3n) is 1.65. The molecule has 15 heavy (non-hydrogen) atoms. The van der Waals surface area contributed by atoms with Gasteiger partial charge in [0.25, 0.3) is 0 Å². The van der Waals surface area contributed by atoms with Crippen molar-refractivity contribution in [3.05, 3.63) is 10.8 Å². The Bertz CT molecular complexity index is 318. The molecular weight excluding hydrogens is 274 g/mol. The molecule has 1 heterocycles. The molecule has 0 saturated carbocycles. The Hall–Kier alpha value is -0.290. The lowest BCUT2D eigenvalue weighted by Gasteiger charge is -2.10. The maximum Gasteiger partial charge on any atom is 0.144 e. The van der Waals surface area contributed by atoms with E-state index in [1.54, 1.807) is 18.1 Å². The molecule has 1 aromatic heterocycles. The molecule has 0 aliphatic rings. The van der Waals surface area contributed by atoms with Crippen molar-refractivity contribution in [1.29, 1.82) is 0 Å². The van der Waals surface area contributed by atoms with Gasteiger partial charge in [0, 0.05) is 11.8 Å².